The summed E-state index contributed by atoms with van der Waals surface area (Å²) in [5.74, 6) is 0.799. The van der Waals surface area contributed by atoms with E-state index in [-0.39, 0.29) is 6.10 Å². The van der Waals surface area contributed by atoms with Crippen LogP contribution < -0.4 is 0 Å². The van der Waals surface area contributed by atoms with E-state index in [1.165, 1.54) is 18.6 Å². The lowest BCUT2D eigenvalue weighted by atomic mass is 9.89. The van der Waals surface area contributed by atoms with Gasteiger partial charge in [-0.15, -0.1) is 0 Å². The first-order chi connectivity index (χ1) is 6.22. The Morgan fingerprint density at radius 1 is 1.62 bits per heavy atom. The molecule has 1 rings (SSSR count). The molecule has 0 aromatic carbocycles. The third kappa shape index (κ3) is 3.79. The van der Waals surface area contributed by atoms with Crippen LogP contribution in [0.1, 0.15) is 52.9 Å². The Bertz CT molecular complexity index is 177. The van der Waals surface area contributed by atoms with E-state index in [2.05, 4.69) is 25.9 Å². The summed E-state index contributed by atoms with van der Waals surface area (Å²) >= 11 is 0. The first-order valence-corrected chi connectivity index (χ1v) is 5.44. The molecule has 0 aromatic heterocycles. The highest BCUT2D eigenvalue weighted by atomic mass is 16.6. The minimum Gasteiger partial charge on any atom is -0.393 e. The van der Waals surface area contributed by atoms with Crippen LogP contribution >= 0.6 is 0 Å². The standard InChI is InChI=1S/C11H21NO/c1-4-10(3)13-12-11-7-5-6-9(2)8-11/h9-10H,4-8H2,1-3H3/b12-11+. The third-order valence-electron chi connectivity index (χ3n) is 2.68. The summed E-state index contributed by atoms with van der Waals surface area (Å²) in [4.78, 5) is 5.37. The zero-order valence-electron chi connectivity index (χ0n) is 9.05. The molecule has 2 unspecified atom stereocenters. The summed E-state index contributed by atoms with van der Waals surface area (Å²) in [7, 11) is 0. The number of oxime groups is 1. The van der Waals surface area contributed by atoms with E-state index < -0.39 is 0 Å². The van der Waals surface area contributed by atoms with Gasteiger partial charge in [0, 0.05) is 0 Å². The molecule has 1 fully saturated rings. The zero-order valence-corrected chi connectivity index (χ0v) is 9.05. The molecule has 0 radical (unpaired) electrons. The molecule has 0 amide bonds. The van der Waals surface area contributed by atoms with E-state index in [1.54, 1.807) is 0 Å². The molecular formula is C11H21NO. The molecule has 1 aliphatic rings. The van der Waals surface area contributed by atoms with Crippen LogP contribution in [0.25, 0.3) is 0 Å². The maximum atomic E-state index is 5.37. The van der Waals surface area contributed by atoms with E-state index >= 15 is 0 Å². The van der Waals surface area contributed by atoms with Crippen LogP contribution in [0.4, 0.5) is 0 Å². The summed E-state index contributed by atoms with van der Waals surface area (Å²) < 4.78 is 0. The van der Waals surface area contributed by atoms with Gasteiger partial charge >= 0.3 is 0 Å². The monoisotopic (exact) mass is 183 g/mol. The molecule has 1 saturated carbocycles. The van der Waals surface area contributed by atoms with Crippen LogP contribution in [-0.2, 0) is 4.84 Å². The summed E-state index contributed by atoms with van der Waals surface area (Å²) in [5.41, 5.74) is 1.26. The van der Waals surface area contributed by atoms with Crippen LogP contribution in [0.2, 0.25) is 0 Å². The second-order valence-corrected chi connectivity index (χ2v) is 4.18. The van der Waals surface area contributed by atoms with Gasteiger partial charge in [-0.2, -0.15) is 0 Å². The van der Waals surface area contributed by atoms with Crippen molar-refractivity contribution in [3.8, 4) is 0 Å². The smallest absolute Gasteiger partial charge is 0.124 e. The van der Waals surface area contributed by atoms with Gasteiger partial charge in [-0.05, 0) is 44.9 Å². The second-order valence-electron chi connectivity index (χ2n) is 4.18. The quantitative estimate of drug-likeness (QED) is 0.615. The molecular weight excluding hydrogens is 162 g/mol. The molecule has 0 saturated heterocycles. The van der Waals surface area contributed by atoms with Crippen molar-refractivity contribution in [1.29, 1.82) is 0 Å². The highest BCUT2D eigenvalue weighted by Crippen LogP contribution is 2.21. The molecule has 0 spiro atoms. The van der Waals surface area contributed by atoms with Crippen molar-refractivity contribution in [2.24, 2.45) is 11.1 Å². The largest absolute Gasteiger partial charge is 0.393 e. The van der Waals surface area contributed by atoms with Crippen molar-refractivity contribution in [3.05, 3.63) is 0 Å². The molecule has 2 atom stereocenters. The summed E-state index contributed by atoms with van der Waals surface area (Å²) in [6.07, 6.45) is 6.21. The van der Waals surface area contributed by atoms with E-state index in [4.69, 9.17) is 4.84 Å². The van der Waals surface area contributed by atoms with Crippen molar-refractivity contribution in [3.63, 3.8) is 0 Å². The maximum Gasteiger partial charge on any atom is 0.124 e. The van der Waals surface area contributed by atoms with Gasteiger partial charge in [0.05, 0.1) is 5.71 Å². The molecule has 0 bridgehead atoms. The molecule has 2 heteroatoms. The van der Waals surface area contributed by atoms with Crippen LogP contribution in [0.3, 0.4) is 0 Å². The lowest BCUT2D eigenvalue weighted by molar-refractivity contribution is 0.0683. The van der Waals surface area contributed by atoms with Gasteiger partial charge in [-0.1, -0.05) is 19.0 Å². The fraction of sp³-hybridized carbons (Fsp3) is 0.909. The molecule has 1 aliphatic carbocycles. The summed E-state index contributed by atoms with van der Waals surface area (Å²) in [6.45, 7) is 6.47. The maximum absolute atomic E-state index is 5.37. The van der Waals surface area contributed by atoms with Crippen molar-refractivity contribution < 1.29 is 4.84 Å². The molecule has 0 N–H and O–H groups in total. The summed E-state index contributed by atoms with van der Waals surface area (Å²) in [5, 5.41) is 4.22. The van der Waals surface area contributed by atoms with Gasteiger partial charge < -0.3 is 4.84 Å². The minimum absolute atomic E-state index is 0.268. The van der Waals surface area contributed by atoms with Crippen LogP contribution in [0.15, 0.2) is 5.16 Å². The fourth-order valence-electron chi connectivity index (χ4n) is 1.58. The molecule has 0 aliphatic heterocycles. The van der Waals surface area contributed by atoms with Crippen molar-refractivity contribution in [1.82, 2.24) is 0 Å². The lowest BCUT2D eigenvalue weighted by Crippen LogP contribution is -2.14. The van der Waals surface area contributed by atoms with Gasteiger partial charge in [-0.25, -0.2) is 0 Å². The lowest BCUT2D eigenvalue weighted by Gasteiger charge is -2.19. The first-order valence-electron chi connectivity index (χ1n) is 5.44. The molecule has 0 heterocycles. The van der Waals surface area contributed by atoms with Crippen molar-refractivity contribution in [2.75, 3.05) is 0 Å². The zero-order chi connectivity index (χ0) is 9.68. The Balaban J connectivity index is 2.32. The number of hydrogen-bond acceptors (Lipinski definition) is 2. The van der Waals surface area contributed by atoms with E-state index in [0.717, 1.165) is 25.2 Å². The topological polar surface area (TPSA) is 21.6 Å². The number of hydrogen-bond donors (Lipinski definition) is 0. The Morgan fingerprint density at radius 2 is 2.38 bits per heavy atom. The second kappa shape index (κ2) is 5.25. The molecule has 76 valence electrons. The fourth-order valence-corrected chi connectivity index (χ4v) is 1.58. The minimum atomic E-state index is 0.268. The van der Waals surface area contributed by atoms with Crippen molar-refractivity contribution in [2.45, 2.75) is 59.0 Å². The molecule has 2 nitrogen and oxygen atoms in total. The summed E-state index contributed by atoms with van der Waals surface area (Å²) in [6, 6.07) is 0. The predicted molar refractivity (Wildman–Crippen MR) is 55.9 cm³/mol. The highest BCUT2D eigenvalue weighted by Gasteiger charge is 2.14. The van der Waals surface area contributed by atoms with Gasteiger partial charge in [0.1, 0.15) is 6.10 Å². The average molecular weight is 183 g/mol. The van der Waals surface area contributed by atoms with E-state index in [0.29, 0.717) is 0 Å². The Hall–Kier alpha value is -0.530. The van der Waals surface area contributed by atoms with Crippen LogP contribution in [-0.4, -0.2) is 11.8 Å². The number of nitrogens with zero attached hydrogens (tertiary/aromatic N) is 1. The third-order valence-corrected chi connectivity index (χ3v) is 2.68. The van der Waals surface area contributed by atoms with Crippen molar-refractivity contribution >= 4 is 5.71 Å². The number of rotatable bonds is 3. The SMILES string of the molecule is CCC(C)O/N=C1\CCCC(C)C1. The van der Waals surface area contributed by atoms with E-state index in [9.17, 15) is 0 Å². The first kappa shape index (κ1) is 10.6. The van der Waals surface area contributed by atoms with Gasteiger partial charge in [0.25, 0.3) is 0 Å². The van der Waals surface area contributed by atoms with Crippen LogP contribution in [0.5, 0.6) is 0 Å². The normalized spacial score (nSPS) is 28.8. The van der Waals surface area contributed by atoms with Crippen LogP contribution in [0, 0.1) is 5.92 Å². The highest BCUT2D eigenvalue weighted by molar-refractivity contribution is 5.84. The molecule has 0 aromatic rings. The Labute approximate surface area is 81.3 Å². The molecule has 13 heavy (non-hydrogen) atoms. The Kier molecular flexibility index (Phi) is 4.26. The van der Waals surface area contributed by atoms with Gasteiger partial charge in [0.2, 0.25) is 0 Å². The van der Waals surface area contributed by atoms with Gasteiger partial charge in [-0.3, -0.25) is 0 Å². The average Bonchev–Trinajstić information content (AvgIpc) is 2.14. The van der Waals surface area contributed by atoms with Gasteiger partial charge in [0.15, 0.2) is 0 Å². The Morgan fingerprint density at radius 3 is 3.00 bits per heavy atom. The van der Waals surface area contributed by atoms with E-state index in [1.807, 2.05) is 0 Å². The predicted octanol–water partition coefficient (Wildman–Crippen LogP) is 3.37.